The van der Waals surface area contributed by atoms with Crippen LogP contribution in [0.2, 0.25) is 0 Å². The number of rotatable bonds is 4. The quantitative estimate of drug-likeness (QED) is 0.356. The third kappa shape index (κ3) is 2.47. The largest absolute Gasteiger partial charge is 0.390 e. The summed E-state index contributed by atoms with van der Waals surface area (Å²) in [6, 6.07) is 0. The van der Waals surface area contributed by atoms with Crippen molar-refractivity contribution in [1.82, 2.24) is 0 Å². The van der Waals surface area contributed by atoms with Crippen LogP contribution in [-0.2, 0) is 4.89 Å². The van der Waals surface area contributed by atoms with E-state index >= 15 is 0 Å². The van der Waals surface area contributed by atoms with Crippen LogP contribution in [0.15, 0.2) is 12.2 Å². The van der Waals surface area contributed by atoms with Gasteiger partial charge in [-0.3, -0.25) is 5.26 Å². The van der Waals surface area contributed by atoms with E-state index in [2.05, 4.69) is 11.5 Å². The fourth-order valence-electron chi connectivity index (χ4n) is 0.703. The van der Waals surface area contributed by atoms with Gasteiger partial charge in [0, 0.05) is 0 Å². The van der Waals surface area contributed by atoms with Gasteiger partial charge >= 0.3 is 0 Å². The van der Waals surface area contributed by atoms with Gasteiger partial charge in [-0.1, -0.05) is 13.5 Å². The molecular weight excluding hydrogens is 132 g/mol. The van der Waals surface area contributed by atoms with Crippen LogP contribution in [0.5, 0.6) is 0 Å². The van der Waals surface area contributed by atoms with Crippen molar-refractivity contribution in [2.75, 3.05) is 0 Å². The fraction of sp³-hybridized carbons (Fsp3) is 0.714. The van der Waals surface area contributed by atoms with Crippen molar-refractivity contribution in [1.29, 1.82) is 0 Å². The van der Waals surface area contributed by atoms with E-state index in [1.54, 1.807) is 13.8 Å². The molecule has 0 aliphatic rings. The molecule has 0 radical (unpaired) electrons. The highest BCUT2D eigenvalue weighted by molar-refractivity contribution is 5.00. The first-order chi connectivity index (χ1) is 4.63. The number of hydrogen-bond donors (Lipinski definition) is 2. The molecule has 0 aliphatic carbocycles. The highest BCUT2D eigenvalue weighted by atomic mass is 17.1. The Labute approximate surface area is 60.9 Å². The summed E-state index contributed by atoms with van der Waals surface area (Å²) in [7, 11) is 0. The van der Waals surface area contributed by atoms with Crippen molar-refractivity contribution >= 4 is 0 Å². The van der Waals surface area contributed by atoms with Crippen LogP contribution in [-0.4, -0.2) is 22.6 Å². The van der Waals surface area contributed by atoms with Crippen molar-refractivity contribution in [3.05, 3.63) is 12.2 Å². The van der Waals surface area contributed by atoms with Gasteiger partial charge in [-0.2, -0.15) is 0 Å². The second-order valence-corrected chi connectivity index (χ2v) is 2.35. The molecule has 2 atom stereocenters. The summed E-state index contributed by atoms with van der Waals surface area (Å²) in [6.45, 7) is 7.05. The Morgan fingerprint density at radius 1 is 1.70 bits per heavy atom. The average Bonchev–Trinajstić information content (AvgIpc) is 1.88. The first-order valence-corrected chi connectivity index (χ1v) is 3.27. The summed E-state index contributed by atoms with van der Waals surface area (Å²) >= 11 is 0. The Kier molecular flexibility index (Phi) is 4.27. The predicted molar refractivity (Wildman–Crippen MR) is 38.6 cm³/mol. The highest BCUT2D eigenvalue weighted by Gasteiger charge is 2.18. The van der Waals surface area contributed by atoms with Crippen molar-refractivity contribution in [2.24, 2.45) is 0 Å². The molecular formula is C7H14O3. The molecule has 0 aliphatic heterocycles. The van der Waals surface area contributed by atoms with Gasteiger partial charge in [-0.25, -0.2) is 4.89 Å². The van der Waals surface area contributed by atoms with Crippen LogP contribution < -0.4 is 0 Å². The predicted octanol–water partition coefficient (Wildman–Crippen LogP) is 1.19. The first-order valence-electron chi connectivity index (χ1n) is 3.27. The summed E-state index contributed by atoms with van der Waals surface area (Å²) in [4.78, 5) is 4.01. The van der Waals surface area contributed by atoms with Gasteiger partial charge in [0.15, 0.2) is 0 Å². The molecule has 0 unspecified atom stereocenters. The van der Waals surface area contributed by atoms with Gasteiger partial charge in [-0.05, 0) is 18.9 Å². The summed E-state index contributed by atoms with van der Waals surface area (Å²) in [5.41, 5.74) is 0.622. The Bertz CT molecular complexity index is 111. The standard InChI is InChI=1S/C7H14O3/c1-4-6(8)7(10-9)5(2)3/h6-9H,2,4H2,1,3H3/t6-,7-/m1/s1. The zero-order valence-electron chi connectivity index (χ0n) is 6.37. The van der Waals surface area contributed by atoms with E-state index in [1.807, 2.05) is 0 Å². The minimum atomic E-state index is -0.664. The summed E-state index contributed by atoms with van der Waals surface area (Å²) in [5, 5.41) is 17.4. The lowest BCUT2D eigenvalue weighted by Crippen LogP contribution is -2.28. The highest BCUT2D eigenvalue weighted by Crippen LogP contribution is 2.09. The molecule has 0 bridgehead atoms. The molecule has 0 rings (SSSR count). The van der Waals surface area contributed by atoms with Gasteiger partial charge in [0.2, 0.25) is 0 Å². The van der Waals surface area contributed by atoms with E-state index in [1.165, 1.54) is 0 Å². The van der Waals surface area contributed by atoms with E-state index in [4.69, 9.17) is 10.4 Å². The van der Waals surface area contributed by atoms with E-state index in [9.17, 15) is 0 Å². The minimum Gasteiger partial charge on any atom is -0.390 e. The maximum atomic E-state index is 9.14. The lowest BCUT2D eigenvalue weighted by Gasteiger charge is -2.17. The van der Waals surface area contributed by atoms with Gasteiger partial charge in [0.25, 0.3) is 0 Å². The topological polar surface area (TPSA) is 49.7 Å². The first kappa shape index (κ1) is 9.62. The molecule has 0 amide bonds. The summed E-state index contributed by atoms with van der Waals surface area (Å²) < 4.78 is 0. The number of aliphatic hydroxyl groups excluding tert-OH is 1. The molecule has 0 aromatic heterocycles. The number of hydrogen-bond acceptors (Lipinski definition) is 3. The minimum absolute atomic E-state index is 0.540. The molecule has 0 saturated heterocycles. The van der Waals surface area contributed by atoms with Crippen molar-refractivity contribution < 1.29 is 15.3 Å². The Hall–Kier alpha value is -0.380. The Morgan fingerprint density at radius 3 is 2.30 bits per heavy atom. The van der Waals surface area contributed by atoms with Gasteiger partial charge in [0.1, 0.15) is 6.10 Å². The maximum Gasteiger partial charge on any atom is 0.139 e. The van der Waals surface area contributed by atoms with Crippen LogP contribution in [0.4, 0.5) is 0 Å². The lowest BCUT2D eigenvalue weighted by atomic mass is 10.1. The third-order valence-corrected chi connectivity index (χ3v) is 1.37. The molecule has 0 fully saturated rings. The average molecular weight is 146 g/mol. The zero-order valence-corrected chi connectivity index (χ0v) is 6.37. The van der Waals surface area contributed by atoms with Crippen LogP contribution in [0.3, 0.4) is 0 Å². The Morgan fingerprint density at radius 2 is 2.20 bits per heavy atom. The van der Waals surface area contributed by atoms with E-state index in [0.29, 0.717) is 12.0 Å². The lowest BCUT2D eigenvalue weighted by molar-refractivity contribution is -0.285. The molecule has 0 aromatic rings. The van der Waals surface area contributed by atoms with E-state index in [0.717, 1.165) is 0 Å². The molecule has 2 N–H and O–H groups in total. The molecule has 3 heteroatoms. The smallest absolute Gasteiger partial charge is 0.139 e. The molecule has 0 spiro atoms. The third-order valence-electron chi connectivity index (χ3n) is 1.37. The fourth-order valence-corrected chi connectivity index (χ4v) is 0.703. The second kappa shape index (κ2) is 4.44. The van der Waals surface area contributed by atoms with Crippen molar-refractivity contribution in [3.8, 4) is 0 Å². The van der Waals surface area contributed by atoms with Gasteiger partial charge in [0.05, 0.1) is 6.10 Å². The normalized spacial score (nSPS) is 16.4. The van der Waals surface area contributed by atoms with Crippen LogP contribution in [0.25, 0.3) is 0 Å². The van der Waals surface area contributed by atoms with Crippen molar-refractivity contribution in [3.63, 3.8) is 0 Å². The van der Waals surface area contributed by atoms with Crippen molar-refractivity contribution in [2.45, 2.75) is 32.5 Å². The SMILES string of the molecule is C=C(C)[C@@H](OO)[C@H](O)CC. The number of aliphatic hydroxyl groups is 1. The summed E-state index contributed by atoms with van der Waals surface area (Å²) in [6.07, 6.45) is -0.773. The van der Waals surface area contributed by atoms with Crippen LogP contribution in [0.1, 0.15) is 20.3 Å². The van der Waals surface area contributed by atoms with E-state index < -0.39 is 12.2 Å². The summed E-state index contributed by atoms with van der Waals surface area (Å²) in [5.74, 6) is 0. The molecule has 0 aromatic carbocycles. The second-order valence-electron chi connectivity index (χ2n) is 2.35. The molecule has 3 nitrogen and oxygen atoms in total. The van der Waals surface area contributed by atoms with Gasteiger partial charge in [-0.15, -0.1) is 0 Å². The van der Waals surface area contributed by atoms with E-state index in [-0.39, 0.29) is 0 Å². The maximum absolute atomic E-state index is 9.14. The molecule has 0 saturated carbocycles. The molecule has 0 heterocycles. The zero-order chi connectivity index (χ0) is 8.15. The van der Waals surface area contributed by atoms with Crippen LogP contribution in [0, 0.1) is 0 Å². The molecule has 10 heavy (non-hydrogen) atoms. The Balaban J connectivity index is 3.92. The van der Waals surface area contributed by atoms with Crippen LogP contribution >= 0.6 is 0 Å². The monoisotopic (exact) mass is 146 g/mol. The van der Waals surface area contributed by atoms with Gasteiger partial charge < -0.3 is 5.11 Å². The molecule has 60 valence electrons.